The molecule has 4 aromatic rings. The number of nitrogens with zero attached hydrogens (tertiary/aromatic N) is 5. The molecule has 0 saturated heterocycles. The van der Waals surface area contributed by atoms with E-state index in [1.54, 1.807) is 12.5 Å². The Morgan fingerprint density at radius 3 is 2.47 bits per heavy atom. The van der Waals surface area contributed by atoms with Crippen molar-refractivity contribution < 1.29 is 4.79 Å². The predicted molar refractivity (Wildman–Crippen MR) is 153 cm³/mol. The van der Waals surface area contributed by atoms with E-state index < -0.39 is 6.04 Å². The minimum atomic E-state index is -0.436. The van der Waals surface area contributed by atoms with Crippen LogP contribution in [0.2, 0.25) is 10.0 Å². The molecule has 10 heteroatoms. The topological polar surface area (TPSA) is 88.0 Å². The smallest absolute Gasteiger partial charge is 0.243 e. The third-order valence-corrected chi connectivity index (χ3v) is 6.50. The summed E-state index contributed by atoms with van der Waals surface area (Å²) in [5, 5.41) is 7.69. The van der Waals surface area contributed by atoms with Gasteiger partial charge in [0.05, 0.1) is 0 Å². The van der Waals surface area contributed by atoms with Gasteiger partial charge in [-0.05, 0) is 47.7 Å². The highest BCUT2D eigenvalue weighted by Gasteiger charge is 2.26. The van der Waals surface area contributed by atoms with Crippen LogP contribution in [0.1, 0.15) is 31.4 Å². The normalized spacial score (nSPS) is 11.8. The average Bonchev–Trinajstić information content (AvgIpc) is 3.45. The Kier molecular flexibility index (Phi) is 9.20. The molecule has 38 heavy (non-hydrogen) atoms. The number of amides is 1. The van der Waals surface area contributed by atoms with Crippen molar-refractivity contribution in [2.75, 3.05) is 17.3 Å². The third-order valence-electron chi connectivity index (χ3n) is 6.01. The molecule has 198 valence electrons. The van der Waals surface area contributed by atoms with Crippen LogP contribution in [-0.2, 0) is 17.9 Å². The van der Waals surface area contributed by atoms with Gasteiger partial charge in [-0.3, -0.25) is 9.36 Å². The number of halogens is 2. The molecule has 2 aromatic carbocycles. The van der Waals surface area contributed by atoms with E-state index in [0.717, 1.165) is 11.1 Å². The van der Waals surface area contributed by atoms with Gasteiger partial charge in [-0.15, -0.1) is 0 Å². The molecule has 0 fully saturated rings. The van der Waals surface area contributed by atoms with Crippen LogP contribution in [0.15, 0.2) is 73.3 Å². The van der Waals surface area contributed by atoms with Gasteiger partial charge in [0.25, 0.3) is 0 Å². The molecule has 0 aliphatic heterocycles. The maximum absolute atomic E-state index is 13.4. The van der Waals surface area contributed by atoms with Crippen molar-refractivity contribution in [3.05, 3.63) is 94.5 Å². The van der Waals surface area contributed by atoms with Crippen molar-refractivity contribution in [2.24, 2.45) is 5.92 Å². The number of carbonyl (C=O) groups is 1. The minimum absolute atomic E-state index is 0.0765. The number of aromatic nitrogens is 4. The molecule has 4 rings (SSSR count). The molecular formula is C28H31Cl2N7O. The van der Waals surface area contributed by atoms with Crippen LogP contribution in [0.4, 0.5) is 11.8 Å². The third kappa shape index (κ3) is 7.46. The van der Waals surface area contributed by atoms with Gasteiger partial charge in [0.15, 0.2) is 0 Å². The van der Waals surface area contributed by atoms with E-state index in [-0.39, 0.29) is 5.91 Å². The zero-order valence-corrected chi connectivity index (χ0v) is 23.1. The van der Waals surface area contributed by atoms with E-state index in [1.165, 1.54) is 0 Å². The standard InChI is InChI=1S/C28H31Cl2N7O/c1-19(2)13-24(27(38)32-16-20-7-9-22(29)10-8-20)36(3)25-15-26(37-12-11-31-18-37)35-28(34-25)33-17-21-5-4-6-23(30)14-21/h4-12,14-15,18-19,24H,13,16-17H2,1-3H3,(H,32,38)(H,33,34,35). The molecule has 0 spiro atoms. The monoisotopic (exact) mass is 551 g/mol. The fourth-order valence-corrected chi connectivity index (χ4v) is 4.33. The summed E-state index contributed by atoms with van der Waals surface area (Å²) < 4.78 is 1.81. The maximum atomic E-state index is 13.4. The van der Waals surface area contributed by atoms with E-state index in [4.69, 9.17) is 28.2 Å². The largest absolute Gasteiger partial charge is 0.350 e. The van der Waals surface area contributed by atoms with Gasteiger partial charge in [-0.2, -0.15) is 9.97 Å². The molecule has 1 atom stereocenters. The lowest BCUT2D eigenvalue weighted by Gasteiger charge is -2.30. The quantitative estimate of drug-likeness (QED) is 0.247. The van der Waals surface area contributed by atoms with Crippen LogP contribution in [0.25, 0.3) is 5.82 Å². The Balaban J connectivity index is 1.58. The SMILES string of the molecule is CC(C)CC(C(=O)NCc1ccc(Cl)cc1)N(C)c1cc(-n2ccnc2)nc(NCc2cccc(Cl)c2)n1. The molecule has 0 aliphatic carbocycles. The van der Waals surface area contributed by atoms with E-state index >= 15 is 0 Å². The molecule has 2 aromatic heterocycles. The van der Waals surface area contributed by atoms with Crippen LogP contribution in [0.5, 0.6) is 0 Å². The summed E-state index contributed by atoms with van der Waals surface area (Å²) in [4.78, 5) is 28.9. The van der Waals surface area contributed by atoms with Crippen LogP contribution >= 0.6 is 23.2 Å². The Morgan fingerprint density at radius 1 is 1.00 bits per heavy atom. The zero-order chi connectivity index (χ0) is 27.1. The zero-order valence-electron chi connectivity index (χ0n) is 21.6. The molecule has 1 unspecified atom stereocenters. The molecular weight excluding hydrogens is 521 g/mol. The number of hydrogen-bond donors (Lipinski definition) is 2. The van der Waals surface area contributed by atoms with Gasteiger partial charge in [0.1, 0.15) is 24.0 Å². The summed E-state index contributed by atoms with van der Waals surface area (Å²) in [6.07, 6.45) is 5.84. The van der Waals surface area contributed by atoms with Gasteiger partial charge in [0, 0.05) is 48.6 Å². The van der Waals surface area contributed by atoms with Gasteiger partial charge in [-0.1, -0.05) is 61.3 Å². The molecule has 0 saturated carbocycles. The van der Waals surface area contributed by atoms with Gasteiger partial charge >= 0.3 is 0 Å². The summed E-state index contributed by atoms with van der Waals surface area (Å²) in [6, 6.07) is 16.5. The van der Waals surface area contributed by atoms with Crippen molar-refractivity contribution in [1.29, 1.82) is 0 Å². The maximum Gasteiger partial charge on any atom is 0.243 e. The number of rotatable bonds is 11. The summed E-state index contributed by atoms with van der Waals surface area (Å²) >= 11 is 12.1. The van der Waals surface area contributed by atoms with Crippen LogP contribution < -0.4 is 15.5 Å². The number of benzene rings is 2. The van der Waals surface area contributed by atoms with Crippen LogP contribution in [0, 0.1) is 5.92 Å². The highest BCUT2D eigenvalue weighted by atomic mass is 35.5. The number of carbonyl (C=O) groups excluding carboxylic acids is 1. The number of nitrogens with one attached hydrogen (secondary N) is 2. The summed E-state index contributed by atoms with van der Waals surface area (Å²) in [5.74, 6) is 1.90. The number of likely N-dealkylation sites (N-methyl/N-ethyl adjacent to an activating group) is 1. The summed E-state index contributed by atoms with van der Waals surface area (Å²) in [7, 11) is 1.88. The molecule has 0 aliphatic rings. The number of hydrogen-bond acceptors (Lipinski definition) is 6. The number of anilines is 2. The summed E-state index contributed by atoms with van der Waals surface area (Å²) in [6.45, 7) is 5.10. The first kappa shape index (κ1) is 27.4. The fourth-order valence-electron chi connectivity index (χ4n) is 3.99. The van der Waals surface area contributed by atoms with Crippen molar-refractivity contribution in [2.45, 2.75) is 39.4 Å². The lowest BCUT2D eigenvalue weighted by atomic mass is 10.0. The van der Waals surface area contributed by atoms with Crippen molar-refractivity contribution in [3.63, 3.8) is 0 Å². The van der Waals surface area contributed by atoms with E-state index in [1.807, 2.05) is 77.3 Å². The lowest BCUT2D eigenvalue weighted by molar-refractivity contribution is -0.122. The molecule has 0 bridgehead atoms. The van der Waals surface area contributed by atoms with E-state index in [0.29, 0.717) is 53.1 Å². The first-order chi connectivity index (χ1) is 18.3. The average molecular weight is 553 g/mol. The first-order valence-electron chi connectivity index (χ1n) is 12.4. The van der Waals surface area contributed by atoms with Crippen LogP contribution in [-0.4, -0.2) is 38.5 Å². The van der Waals surface area contributed by atoms with Gasteiger partial charge in [-0.25, -0.2) is 4.98 Å². The second-order valence-electron chi connectivity index (χ2n) is 9.46. The van der Waals surface area contributed by atoms with Gasteiger partial charge in [0.2, 0.25) is 11.9 Å². The Bertz CT molecular complexity index is 1340. The molecule has 0 radical (unpaired) electrons. The fraction of sp³-hybridized carbons (Fsp3) is 0.286. The molecule has 2 N–H and O–H groups in total. The minimum Gasteiger partial charge on any atom is -0.350 e. The molecule has 1 amide bonds. The first-order valence-corrected chi connectivity index (χ1v) is 13.1. The highest BCUT2D eigenvalue weighted by molar-refractivity contribution is 6.30. The van der Waals surface area contributed by atoms with E-state index in [2.05, 4.69) is 34.4 Å². The molecule has 2 heterocycles. The Hall–Kier alpha value is -3.62. The Labute approximate surface area is 233 Å². The van der Waals surface area contributed by atoms with Crippen LogP contribution in [0.3, 0.4) is 0 Å². The number of imidazole rings is 1. The van der Waals surface area contributed by atoms with Crippen molar-refractivity contribution in [3.8, 4) is 5.82 Å². The summed E-state index contributed by atoms with van der Waals surface area (Å²) in [5.41, 5.74) is 1.98. The second-order valence-corrected chi connectivity index (χ2v) is 10.3. The van der Waals surface area contributed by atoms with Crippen molar-refractivity contribution >= 4 is 40.9 Å². The Morgan fingerprint density at radius 2 is 1.79 bits per heavy atom. The van der Waals surface area contributed by atoms with Crippen molar-refractivity contribution in [1.82, 2.24) is 24.8 Å². The second kappa shape index (κ2) is 12.8. The van der Waals surface area contributed by atoms with Gasteiger partial charge < -0.3 is 15.5 Å². The molecule has 8 nitrogen and oxygen atoms in total. The van der Waals surface area contributed by atoms with E-state index in [9.17, 15) is 4.79 Å². The predicted octanol–water partition coefficient (Wildman–Crippen LogP) is 5.75. The lowest BCUT2D eigenvalue weighted by Crippen LogP contribution is -2.46. The highest BCUT2D eigenvalue weighted by Crippen LogP contribution is 2.23.